The number of nitrogens with zero attached hydrogens (tertiary/aromatic N) is 3. The molecule has 1 spiro atoms. The molecule has 1 saturated carbocycles. The molecule has 3 heteroatoms. The van der Waals surface area contributed by atoms with Gasteiger partial charge in [-0.15, -0.1) is 0 Å². The molecule has 0 amide bonds. The van der Waals surface area contributed by atoms with Gasteiger partial charge in [-0.1, -0.05) is 153 Å². The van der Waals surface area contributed by atoms with E-state index in [0.717, 1.165) is 22.3 Å². The monoisotopic (exact) mass is 631 g/mol. The van der Waals surface area contributed by atoms with Gasteiger partial charge < -0.3 is 0 Å². The van der Waals surface area contributed by atoms with Crippen LogP contribution in [0.25, 0.3) is 67.5 Å². The van der Waals surface area contributed by atoms with Crippen molar-refractivity contribution in [2.24, 2.45) is 0 Å². The van der Waals surface area contributed by atoms with E-state index in [2.05, 4.69) is 91.9 Å². The lowest BCUT2D eigenvalue weighted by Crippen LogP contribution is -2.27. The minimum absolute atomic E-state index is 0.190. The molecule has 1 heterocycles. The quantitative estimate of drug-likeness (QED) is 0.190. The van der Waals surface area contributed by atoms with Crippen molar-refractivity contribution in [2.45, 2.75) is 44.4 Å². The van der Waals surface area contributed by atoms with Gasteiger partial charge in [0.05, 0.1) is 0 Å². The van der Waals surface area contributed by atoms with Crippen molar-refractivity contribution in [2.75, 3.05) is 0 Å². The lowest BCUT2D eigenvalue weighted by molar-refractivity contribution is 0.353. The second kappa shape index (κ2) is 12.1. The van der Waals surface area contributed by atoms with Crippen LogP contribution in [0.3, 0.4) is 0 Å². The molecule has 0 unspecified atom stereocenters. The molecular weight excluding hydrogens is 595 g/mol. The van der Waals surface area contributed by atoms with Crippen LogP contribution in [0.15, 0.2) is 146 Å². The first-order valence-corrected chi connectivity index (χ1v) is 17.5. The molecule has 0 saturated heterocycles. The molecule has 7 aromatic rings. The molecule has 9 rings (SSSR count). The highest BCUT2D eigenvalue weighted by molar-refractivity contribution is 5.86. The molecule has 49 heavy (non-hydrogen) atoms. The zero-order chi connectivity index (χ0) is 32.8. The van der Waals surface area contributed by atoms with E-state index in [-0.39, 0.29) is 5.41 Å². The van der Waals surface area contributed by atoms with E-state index >= 15 is 0 Å². The number of benzene rings is 6. The molecule has 0 aliphatic heterocycles. The predicted molar refractivity (Wildman–Crippen MR) is 201 cm³/mol. The van der Waals surface area contributed by atoms with Gasteiger partial charge in [-0.3, -0.25) is 0 Å². The third-order valence-corrected chi connectivity index (χ3v) is 10.7. The van der Waals surface area contributed by atoms with Crippen molar-refractivity contribution in [3.63, 3.8) is 0 Å². The highest BCUT2D eigenvalue weighted by Crippen LogP contribution is 2.56. The van der Waals surface area contributed by atoms with Gasteiger partial charge in [0.15, 0.2) is 17.5 Å². The Balaban J connectivity index is 1.08. The summed E-state index contributed by atoms with van der Waals surface area (Å²) in [5.74, 6) is 2.00. The fourth-order valence-electron chi connectivity index (χ4n) is 8.27. The minimum Gasteiger partial charge on any atom is -0.208 e. The van der Waals surface area contributed by atoms with Gasteiger partial charge >= 0.3 is 0 Å². The van der Waals surface area contributed by atoms with Crippen LogP contribution in [0, 0.1) is 6.92 Å². The lowest BCUT2D eigenvalue weighted by atomic mass is 9.68. The van der Waals surface area contributed by atoms with E-state index in [0.29, 0.717) is 17.5 Å². The van der Waals surface area contributed by atoms with Crippen LogP contribution in [-0.2, 0) is 5.41 Å². The van der Waals surface area contributed by atoms with Gasteiger partial charge in [-0.2, -0.15) is 0 Å². The van der Waals surface area contributed by atoms with Gasteiger partial charge in [-0.25, -0.2) is 15.0 Å². The molecule has 0 radical (unpaired) electrons. The van der Waals surface area contributed by atoms with Gasteiger partial charge in [0.2, 0.25) is 0 Å². The van der Waals surface area contributed by atoms with Crippen molar-refractivity contribution in [3.05, 3.63) is 162 Å². The summed E-state index contributed by atoms with van der Waals surface area (Å²) in [5, 5.41) is 0. The Morgan fingerprint density at radius 2 is 0.939 bits per heavy atom. The average Bonchev–Trinajstić information content (AvgIpc) is 3.43. The summed E-state index contributed by atoms with van der Waals surface area (Å²) in [4.78, 5) is 14.8. The molecule has 2 aliphatic rings. The highest BCUT2D eigenvalue weighted by Gasteiger charge is 2.43. The molecule has 1 aromatic heterocycles. The zero-order valence-electron chi connectivity index (χ0n) is 27.7. The largest absolute Gasteiger partial charge is 0.208 e. The molecular formula is C46H37N3. The maximum atomic E-state index is 4.96. The van der Waals surface area contributed by atoms with Crippen molar-refractivity contribution in [3.8, 4) is 67.5 Å². The van der Waals surface area contributed by atoms with E-state index in [1.54, 1.807) is 5.56 Å². The summed E-state index contributed by atoms with van der Waals surface area (Å²) < 4.78 is 0. The SMILES string of the molecule is Cc1cc(-c2ccc3c(c2)-c2ccccc2C32CCCCC2)ccc1-c1cccc(-c2nc(-c3ccccc3)nc(-c3ccccc3)n2)c1. The van der Waals surface area contributed by atoms with Crippen molar-refractivity contribution in [1.29, 1.82) is 0 Å². The number of fused-ring (bicyclic) bond motifs is 5. The second-order valence-electron chi connectivity index (χ2n) is 13.6. The smallest absolute Gasteiger partial charge is 0.164 e. The van der Waals surface area contributed by atoms with Crippen molar-refractivity contribution in [1.82, 2.24) is 15.0 Å². The van der Waals surface area contributed by atoms with Crippen LogP contribution in [0.1, 0.15) is 48.8 Å². The van der Waals surface area contributed by atoms with E-state index in [9.17, 15) is 0 Å². The first-order chi connectivity index (χ1) is 24.2. The third-order valence-electron chi connectivity index (χ3n) is 10.7. The maximum Gasteiger partial charge on any atom is 0.164 e. The predicted octanol–water partition coefficient (Wildman–Crippen LogP) is 11.7. The molecule has 1 fully saturated rings. The lowest BCUT2D eigenvalue weighted by Gasteiger charge is -2.36. The number of hydrogen-bond acceptors (Lipinski definition) is 3. The van der Waals surface area contributed by atoms with E-state index in [1.165, 1.54) is 71.0 Å². The molecule has 2 aliphatic carbocycles. The molecule has 0 N–H and O–H groups in total. The Bertz CT molecular complexity index is 2260. The van der Waals surface area contributed by atoms with Gasteiger partial charge in [0.1, 0.15) is 0 Å². The third kappa shape index (κ3) is 5.18. The van der Waals surface area contributed by atoms with Crippen LogP contribution >= 0.6 is 0 Å². The summed E-state index contributed by atoms with van der Waals surface area (Å²) in [5.41, 5.74) is 15.1. The van der Waals surface area contributed by atoms with E-state index in [4.69, 9.17) is 15.0 Å². The Labute approximate surface area is 288 Å². The maximum absolute atomic E-state index is 4.96. The van der Waals surface area contributed by atoms with Crippen LogP contribution in [0.5, 0.6) is 0 Å². The fourth-order valence-corrected chi connectivity index (χ4v) is 8.27. The summed E-state index contributed by atoms with van der Waals surface area (Å²) in [6.07, 6.45) is 6.49. The van der Waals surface area contributed by atoms with Crippen LogP contribution in [-0.4, -0.2) is 15.0 Å². The molecule has 0 bridgehead atoms. The Kier molecular flexibility index (Phi) is 7.27. The minimum atomic E-state index is 0.190. The first kappa shape index (κ1) is 29.5. The Morgan fingerprint density at radius 1 is 0.388 bits per heavy atom. The summed E-state index contributed by atoms with van der Waals surface area (Å²) in [7, 11) is 0. The number of rotatable bonds is 5. The molecule has 236 valence electrons. The Morgan fingerprint density at radius 3 is 1.63 bits per heavy atom. The van der Waals surface area contributed by atoms with Crippen LogP contribution in [0.4, 0.5) is 0 Å². The molecule has 0 atom stereocenters. The van der Waals surface area contributed by atoms with Crippen LogP contribution in [0.2, 0.25) is 0 Å². The standard InChI is InChI=1S/C46H37N3/c1-31-28-34(35-23-25-42-40(30-35)39-20-9-10-21-41(39)46(42)26-11-4-12-27-46)22-24-38(31)36-18-13-19-37(29-36)45-48-43(32-14-5-2-6-15-32)47-44(49-45)33-16-7-3-8-17-33/h2-3,5-10,13-25,28-30H,4,11-12,26-27H2,1H3. The summed E-state index contributed by atoms with van der Waals surface area (Å²) in [6, 6.07) is 52.1. The molecule has 6 aromatic carbocycles. The fraction of sp³-hybridized carbons (Fsp3) is 0.152. The summed E-state index contributed by atoms with van der Waals surface area (Å²) >= 11 is 0. The average molecular weight is 632 g/mol. The topological polar surface area (TPSA) is 38.7 Å². The van der Waals surface area contributed by atoms with Gasteiger partial charge in [0.25, 0.3) is 0 Å². The zero-order valence-corrected chi connectivity index (χ0v) is 27.7. The van der Waals surface area contributed by atoms with Gasteiger partial charge in [0, 0.05) is 22.1 Å². The first-order valence-electron chi connectivity index (χ1n) is 17.5. The molecule has 3 nitrogen and oxygen atoms in total. The Hall–Kier alpha value is -5.67. The van der Waals surface area contributed by atoms with E-state index in [1.807, 2.05) is 60.7 Å². The second-order valence-corrected chi connectivity index (χ2v) is 13.6. The van der Waals surface area contributed by atoms with Crippen molar-refractivity contribution < 1.29 is 0 Å². The normalized spacial score (nSPS) is 14.4. The van der Waals surface area contributed by atoms with Gasteiger partial charge in [-0.05, 0) is 82.0 Å². The van der Waals surface area contributed by atoms with Crippen LogP contribution < -0.4 is 0 Å². The number of aromatic nitrogens is 3. The summed E-state index contributed by atoms with van der Waals surface area (Å²) in [6.45, 7) is 2.22. The highest BCUT2D eigenvalue weighted by atomic mass is 15.0. The number of hydrogen-bond donors (Lipinski definition) is 0. The van der Waals surface area contributed by atoms with E-state index < -0.39 is 0 Å². The number of aryl methyl sites for hydroxylation is 1. The van der Waals surface area contributed by atoms with Crippen molar-refractivity contribution >= 4 is 0 Å².